The fourth-order valence-electron chi connectivity index (χ4n) is 1.64. The van der Waals surface area contributed by atoms with Gasteiger partial charge in [-0.3, -0.25) is 4.79 Å². The molecule has 0 saturated heterocycles. The van der Waals surface area contributed by atoms with Gasteiger partial charge < -0.3 is 10.1 Å². The quantitative estimate of drug-likeness (QED) is 0.588. The van der Waals surface area contributed by atoms with Gasteiger partial charge in [0.25, 0.3) is 5.91 Å². The first kappa shape index (κ1) is 16.7. The van der Waals surface area contributed by atoms with E-state index in [1.54, 1.807) is 12.1 Å². The molecule has 0 radical (unpaired) electrons. The maximum absolute atomic E-state index is 13.5. The number of carbonyl (C=O) groups excluding carboxylic acids is 2. The van der Waals surface area contributed by atoms with Gasteiger partial charge in [0, 0.05) is 3.57 Å². The molecular weight excluding hydrogens is 424 g/mol. The summed E-state index contributed by atoms with van der Waals surface area (Å²) in [6.07, 6.45) is 0. The largest absolute Gasteiger partial charge is 0.452 e. The lowest BCUT2D eigenvalue weighted by molar-refractivity contribution is -0.119. The van der Waals surface area contributed by atoms with Crippen molar-refractivity contribution < 1.29 is 18.7 Å². The number of esters is 1. The Balaban J connectivity index is 1.97. The summed E-state index contributed by atoms with van der Waals surface area (Å²) in [6, 6.07) is 11.0. The predicted molar refractivity (Wildman–Crippen MR) is 89.5 cm³/mol. The summed E-state index contributed by atoms with van der Waals surface area (Å²) >= 11 is 7.81. The minimum absolute atomic E-state index is 0.0667. The standard InChI is InChI=1S/C15H10ClFINO3/c16-9-4-3-5-10(17)14(9)15(21)22-8-13(20)19-12-7-2-1-6-11(12)18/h1-7H,8H2,(H,19,20). The van der Waals surface area contributed by atoms with Crippen LogP contribution >= 0.6 is 34.2 Å². The van der Waals surface area contributed by atoms with E-state index in [9.17, 15) is 14.0 Å². The van der Waals surface area contributed by atoms with Crippen LogP contribution in [-0.4, -0.2) is 18.5 Å². The van der Waals surface area contributed by atoms with Gasteiger partial charge in [-0.1, -0.05) is 29.8 Å². The molecule has 0 aliphatic heterocycles. The van der Waals surface area contributed by atoms with Crippen molar-refractivity contribution in [1.29, 1.82) is 0 Å². The van der Waals surface area contributed by atoms with Crippen molar-refractivity contribution in [3.63, 3.8) is 0 Å². The Morgan fingerprint density at radius 2 is 1.91 bits per heavy atom. The van der Waals surface area contributed by atoms with Crippen LogP contribution in [0, 0.1) is 9.39 Å². The van der Waals surface area contributed by atoms with Crippen molar-refractivity contribution in [2.45, 2.75) is 0 Å². The van der Waals surface area contributed by atoms with Gasteiger partial charge in [-0.05, 0) is 46.9 Å². The van der Waals surface area contributed by atoms with Crippen LogP contribution in [0.3, 0.4) is 0 Å². The van der Waals surface area contributed by atoms with Crippen molar-refractivity contribution >= 4 is 51.8 Å². The normalized spacial score (nSPS) is 10.1. The van der Waals surface area contributed by atoms with Gasteiger partial charge in [-0.2, -0.15) is 0 Å². The maximum Gasteiger partial charge on any atom is 0.343 e. The van der Waals surface area contributed by atoms with Gasteiger partial charge >= 0.3 is 5.97 Å². The number of hydrogen-bond donors (Lipinski definition) is 1. The Hall–Kier alpha value is -1.67. The molecule has 0 heterocycles. The zero-order chi connectivity index (χ0) is 16.1. The van der Waals surface area contributed by atoms with E-state index in [0.717, 1.165) is 9.64 Å². The minimum atomic E-state index is -0.985. The number of rotatable bonds is 4. The van der Waals surface area contributed by atoms with E-state index >= 15 is 0 Å². The SMILES string of the molecule is O=C(COC(=O)c1c(F)cccc1Cl)Nc1ccccc1I. The van der Waals surface area contributed by atoms with E-state index < -0.39 is 24.3 Å². The first-order valence-corrected chi connectivity index (χ1v) is 7.60. The molecule has 0 aliphatic carbocycles. The summed E-state index contributed by atoms with van der Waals surface area (Å²) in [7, 11) is 0. The molecule has 2 aromatic carbocycles. The second-order valence-corrected chi connectivity index (χ2v) is 5.77. The highest BCUT2D eigenvalue weighted by Gasteiger charge is 2.18. The van der Waals surface area contributed by atoms with Gasteiger partial charge in [0.2, 0.25) is 0 Å². The smallest absolute Gasteiger partial charge is 0.343 e. The summed E-state index contributed by atoms with van der Waals surface area (Å²) < 4.78 is 19.2. The number of hydrogen-bond acceptors (Lipinski definition) is 3. The number of anilines is 1. The molecule has 2 aromatic rings. The van der Waals surface area contributed by atoms with Crippen molar-refractivity contribution in [2.75, 3.05) is 11.9 Å². The van der Waals surface area contributed by atoms with Crippen molar-refractivity contribution in [2.24, 2.45) is 0 Å². The average Bonchev–Trinajstić information content (AvgIpc) is 2.47. The minimum Gasteiger partial charge on any atom is -0.452 e. The highest BCUT2D eigenvalue weighted by Crippen LogP contribution is 2.20. The summed E-state index contributed by atoms with van der Waals surface area (Å²) in [5.41, 5.74) is 0.222. The summed E-state index contributed by atoms with van der Waals surface area (Å²) in [4.78, 5) is 23.5. The lowest BCUT2D eigenvalue weighted by Crippen LogP contribution is -2.22. The Morgan fingerprint density at radius 3 is 2.59 bits per heavy atom. The topological polar surface area (TPSA) is 55.4 Å². The first-order valence-electron chi connectivity index (χ1n) is 6.14. The molecule has 22 heavy (non-hydrogen) atoms. The fourth-order valence-corrected chi connectivity index (χ4v) is 2.41. The molecule has 0 atom stereocenters. The van der Waals surface area contributed by atoms with Crippen LogP contribution in [0.2, 0.25) is 5.02 Å². The van der Waals surface area contributed by atoms with Crippen LogP contribution in [0.5, 0.6) is 0 Å². The number of carbonyl (C=O) groups is 2. The lowest BCUT2D eigenvalue weighted by Gasteiger charge is -2.09. The third-order valence-electron chi connectivity index (χ3n) is 2.65. The second kappa shape index (κ2) is 7.55. The van der Waals surface area contributed by atoms with Gasteiger partial charge in [-0.25, -0.2) is 9.18 Å². The molecule has 4 nitrogen and oxygen atoms in total. The predicted octanol–water partition coefficient (Wildman–Crippen LogP) is 3.88. The Kier molecular flexibility index (Phi) is 5.73. The number of nitrogens with one attached hydrogen (secondary N) is 1. The van der Waals surface area contributed by atoms with Crippen LogP contribution in [0.1, 0.15) is 10.4 Å². The molecule has 0 aromatic heterocycles. The van der Waals surface area contributed by atoms with Gasteiger partial charge in [0.15, 0.2) is 6.61 Å². The van der Waals surface area contributed by atoms with Crippen LogP contribution in [-0.2, 0) is 9.53 Å². The molecule has 0 aliphatic rings. The summed E-state index contributed by atoms with van der Waals surface area (Å²) in [5, 5.41) is 2.53. The van der Waals surface area contributed by atoms with E-state index in [4.69, 9.17) is 16.3 Å². The molecule has 0 fully saturated rings. The van der Waals surface area contributed by atoms with E-state index in [0.29, 0.717) is 5.69 Å². The third-order valence-corrected chi connectivity index (χ3v) is 3.90. The second-order valence-electron chi connectivity index (χ2n) is 4.20. The molecule has 2 rings (SSSR count). The molecule has 0 spiro atoms. The first-order chi connectivity index (χ1) is 10.5. The van der Waals surface area contributed by atoms with Crippen LogP contribution in [0.25, 0.3) is 0 Å². The molecule has 1 N–H and O–H groups in total. The van der Waals surface area contributed by atoms with Gasteiger partial charge in [0.05, 0.1) is 10.7 Å². The number of ether oxygens (including phenoxy) is 1. The average molecular weight is 434 g/mol. The van der Waals surface area contributed by atoms with Gasteiger partial charge in [0.1, 0.15) is 11.4 Å². The Bertz CT molecular complexity index is 703. The highest BCUT2D eigenvalue weighted by atomic mass is 127. The van der Waals surface area contributed by atoms with E-state index in [-0.39, 0.29) is 10.6 Å². The molecule has 114 valence electrons. The Labute approximate surface area is 144 Å². The number of para-hydroxylation sites is 1. The zero-order valence-corrected chi connectivity index (χ0v) is 14.0. The van der Waals surface area contributed by atoms with Crippen LogP contribution in [0.4, 0.5) is 10.1 Å². The molecule has 0 bridgehead atoms. The fraction of sp³-hybridized carbons (Fsp3) is 0.0667. The van der Waals surface area contributed by atoms with Crippen molar-refractivity contribution in [3.8, 4) is 0 Å². The third kappa shape index (κ3) is 4.17. The van der Waals surface area contributed by atoms with E-state index in [1.807, 2.05) is 12.1 Å². The number of benzene rings is 2. The van der Waals surface area contributed by atoms with Crippen LogP contribution < -0.4 is 5.32 Å². The number of amides is 1. The van der Waals surface area contributed by atoms with E-state index in [2.05, 4.69) is 27.9 Å². The monoisotopic (exact) mass is 433 g/mol. The summed E-state index contributed by atoms with van der Waals surface area (Å²) in [6.45, 7) is -0.533. The summed E-state index contributed by atoms with van der Waals surface area (Å²) in [5.74, 6) is -2.30. The molecule has 7 heteroatoms. The number of halogens is 3. The Morgan fingerprint density at radius 1 is 1.18 bits per heavy atom. The van der Waals surface area contributed by atoms with Crippen molar-refractivity contribution in [3.05, 3.63) is 62.4 Å². The van der Waals surface area contributed by atoms with E-state index in [1.165, 1.54) is 12.1 Å². The van der Waals surface area contributed by atoms with Crippen molar-refractivity contribution in [1.82, 2.24) is 0 Å². The molecule has 1 amide bonds. The van der Waals surface area contributed by atoms with Crippen LogP contribution in [0.15, 0.2) is 42.5 Å². The lowest BCUT2D eigenvalue weighted by atomic mass is 10.2. The molecular formula is C15H10ClFINO3. The molecule has 0 unspecified atom stereocenters. The maximum atomic E-state index is 13.5. The zero-order valence-electron chi connectivity index (χ0n) is 11.1. The highest BCUT2D eigenvalue weighted by molar-refractivity contribution is 14.1. The molecule has 0 saturated carbocycles. The van der Waals surface area contributed by atoms with Gasteiger partial charge in [-0.15, -0.1) is 0 Å².